The summed E-state index contributed by atoms with van der Waals surface area (Å²) in [5.74, 6) is -2.44. The van der Waals surface area contributed by atoms with Gasteiger partial charge in [0.1, 0.15) is 23.0 Å². The lowest BCUT2D eigenvalue weighted by atomic mass is 9.95. The summed E-state index contributed by atoms with van der Waals surface area (Å²) in [6, 6.07) is 4.94. The van der Waals surface area contributed by atoms with Crippen molar-refractivity contribution in [3.05, 3.63) is 46.9 Å². The van der Waals surface area contributed by atoms with Gasteiger partial charge in [0, 0.05) is 36.1 Å². The van der Waals surface area contributed by atoms with Gasteiger partial charge in [-0.1, -0.05) is 19.9 Å². The van der Waals surface area contributed by atoms with Gasteiger partial charge in [-0.15, -0.1) is 0 Å². The number of H-pyrrole nitrogens is 1. The van der Waals surface area contributed by atoms with Gasteiger partial charge in [-0.05, 0) is 57.2 Å². The molecule has 1 saturated heterocycles. The fraction of sp³-hybridized carbons (Fsp3) is 0.484. The summed E-state index contributed by atoms with van der Waals surface area (Å²) < 4.78 is 12.3. The molecule has 2 aromatic heterocycles. The maximum Gasteiger partial charge on any atom is 0.342 e. The third-order valence-electron chi connectivity index (χ3n) is 7.86. The first-order valence-electron chi connectivity index (χ1n) is 14.6. The number of carbonyl (C=O) groups excluding carboxylic acids is 5. The molecule has 44 heavy (non-hydrogen) atoms. The van der Waals surface area contributed by atoms with Gasteiger partial charge < -0.3 is 30.4 Å². The van der Waals surface area contributed by atoms with Gasteiger partial charge in [-0.2, -0.15) is 5.10 Å². The zero-order valence-electron chi connectivity index (χ0n) is 25.9. The minimum Gasteiger partial charge on any atom is -0.496 e. The van der Waals surface area contributed by atoms with E-state index in [2.05, 4.69) is 26.0 Å². The van der Waals surface area contributed by atoms with Crippen LogP contribution in [0.2, 0.25) is 0 Å². The number of rotatable bonds is 13. The second kappa shape index (κ2) is 13.7. The van der Waals surface area contributed by atoms with Crippen molar-refractivity contribution in [2.75, 3.05) is 20.3 Å². The summed E-state index contributed by atoms with van der Waals surface area (Å²) in [4.78, 5) is 68.5. The van der Waals surface area contributed by atoms with Crippen LogP contribution in [0.1, 0.15) is 65.3 Å². The van der Waals surface area contributed by atoms with Crippen molar-refractivity contribution < 1.29 is 33.4 Å². The van der Waals surface area contributed by atoms with E-state index in [1.165, 1.54) is 0 Å². The van der Waals surface area contributed by atoms with E-state index in [1.54, 1.807) is 50.9 Å². The average Bonchev–Trinajstić information content (AvgIpc) is 3.66. The van der Waals surface area contributed by atoms with E-state index in [0.29, 0.717) is 42.0 Å². The van der Waals surface area contributed by atoms with Gasteiger partial charge in [0.15, 0.2) is 12.4 Å². The third-order valence-corrected chi connectivity index (χ3v) is 7.86. The molecule has 0 bridgehead atoms. The number of benzene rings is 1. The van der Waals surface area contributed by atoms with Crippen molar-refractivity contribution in [1.82, 2.24) is 30.7 Å². The Hall–Kier alpha value is -4.68. The fourth-order valence-corrected chi connectivity index (χ4v) is 5.44. The van der Waals surface area contributed by atoms with E-state index in [9.17, 15) is 24.0 Å². The molecule has 1 aromatic carbocycles. The number of aryl methyl sites for hydroxylation is 2. The Balaban J connectivity index is 1.50. The summed E-state index contributed by atoms with van der Waals surface area (Å²) in [5, 5.41) is 13.2. The Bertz CT molecular complexity index is 1570. The molecule has 0 spiro atoms. The topological polar surface area (TPSA) is 174 Å². The highest BCUT2D eigenvalue weighted by Crippen LogP contribution is 2.26. The Morgan fingerprint density at radius 1 is 1.14 bits per heavy atom. The number of methoxy groups -OCH3 is 1. The van der Waals surface area contributed by atoms with Gasteiger partial charge in [0.05, 0.1) is 18.8 Å². The Morgan fingerprint density at radius 3 is 2.50 bits per heavy atom. The van der Waals surface area contributed by atoms with Crippen LogP contribution < -0.4 is 20.7 Å². The minimum atomic E-state index is -1.12. The number of aromatic nitrogens is 3. The van der Waals surface area contributed by atoms with Gasteiger partial charge in [-0.3, -0.25) is 23.9 Å². The maximum atomic E-state index is 13.6. The first kappa shape index (κ1) is 32.2. The van der Waals surface area contributed by atoms with Crippen LogP contribution in [0.15, 0.2) is 24.3 Å². The predicted molar refractivity (Wildman–Crippen MR) is 161 cm³/mol. The lowest BCUT2D eigenvalue weighted by molar-refractivity contribution is -0.131. The van der Waals surface area contributed by atoms with Crippen molar-refractivity contribution in [3.8, 4) is 5.75 Å². The highest BCUT2D eigenvalue weighted by Gasteiger charge is 2.34. The molecule has 3 aromatic rings. The molecule has 1 aliphatic rings. The molecule has 236 valence electrons. The zero-order chi connectivity index (χ0) is 32.1. The number of carbonyl (C=O) groups is 5. The summed E-state index contributed by atoms with van der Waals surface area (Å²) in [5.41, 5.74) is 2.27. The number of esters is 1. The van der Waals surface area contributed by atoms with Crippen molar-refractivity contribution in [1.29, 1.82) is 0 Å². The molecule has 3 atom stereocenters. The molecule has 3 heterocycles. The number of hydrogen-bond acceptors (Lipinski definition) is 8. The molecular formula is C31H40N6O7. The quantitative estimate of drug-likeness (QED) is 0.214. The Labute approximate surface area is 255 Å². The van der Waals surface area contributed by atoms with Crippen LogP contribution in [-0.2, 0) is 26.2 Å². The van der Waals surface area contributed by atoms with E-state index in [-0.39, 0.29) is 29.5 Å². The Morgan fingerprint density at radius 2 is 1.89 bits per heavy atom. The summed E-state index contributed by atoms with van der Waals surface area (Å²) in [6.45, 7) is 7.07. The highest BCUT2D eigenvalue weighted by atomic mass is 16.5. The van der Waals surface area contributed by atoms with Crippen LogP contribution >= 0.6 is 0 Å². The third kappa shape index (κ3) is 7.26. The normalized spacial score (nSPS) is 16.0. The summed E-state index contributed by atoms with van der Waals surface area (Å²) in [6.07, 6.45) is 0.825. The number of Topliss-reactive ketones (excluding diaryl/α,β-unsaturated/α-hetero) is 1. The molecular weight excluding hydrogens is 568 g/mol. The number of ether oxygens (including phenoxy) is 2. The van der Waals surface area contributed by atoms with Crippen LogP contribution in [0, 0.1) is 25.7 Å². The lowest BCUT2D eigenvalue weighted by Gasteiger charge is -2.25. The molecule has 3 amide bonds. The van der Waals surface area contributed by atoms with E-state index in [0.717, 1.165) is 5.39 Å². The van der Waals surface area contributed by atoms with E-state index in [4.69, 9.17) is 9.47 Å². The molecule has 13 nitrogen and oxygen atoms in total. The monoisotopic (exact) mass is 608 g/mol. The molecule has 0 radical (unpaired) electrons. The molecule has 1 fully saturated rings. The minimum absolute atomic E-state index is 0.0236. The summed E-state index contributed by atoms with van der Waals surface area (Å²) >= 11 is 0. The van der Waals surface area contributed by atoms with Crippen LogP contribution in [0.3, 0.4) is 0 Å². The standard InChI is InChI=1S/C31H40N6O7/c1-16(2)12-23(35-30(41)24-14-20-21(33-24)8-7-9-26(20)43-6)29(40)34-22(13-19-10-11-32-28(19)39)25(38)15-44-31(42)27-17(3)36-37(5)18(27)4/h7-9,14,16,19,22-23,33H,10-13,15H2,1-6H3,(H,32,39)(H,34,40)(H,35,41)/t19-,22-,23-/m0/s1. The van der Waals surface area contributed by atoms with Crippen LogP contribution in [0.4, 0.5) is 0 Å². The maximum absolute atomic E-state index is 13.6. The predicted octanol–water partition coefficient (Wildman–Crippen LogP) is 2.11. The SMILES string of the molecule is COc1cccc2[nH]c(C(=O)N[C@@H](CC(C)C)C(=O)N[C@@H](C[C@@H]3CCNC3=O)C(=O)COC(=O)c3c(C)nn(C)c3C)cc12. The van der Waals surface area contributed by atoms with Crippen LogP contribution in [0.25, 0.3) is 10.9 Å². The van der Waals surface area contributed by atoms with Crippen molar-refractivity contribution in [2.24, 2.45) is 18.9 Å². The number of ketones is 1. The largest absolute Gasteiger partial charge is 0.496 e. The van der Waals surface area contributed by atoms with Crippen LogP contribution in [0.5, 0.6) is 5.75 Å². The van der Waals surface area contributed by atoms with E-state index >= 15 is 0 Å². The number of hydrogen-bond donors (Lipinski definition) is 4. The average molecular weight is 609 g/mol. The second-order valence-corrected chi connectivity index (χ2v) is 11.5. The number of nitrogens with one attached hydrogen (secondary N) is 4. The molecule has 0 aliphatic carbocycles. The van der Waals surface area contributed by atoms with Crippen molar-refractivity contribution in [2.45, 2.75) is 59.0 Å². The number of nitrogens with zero attached hydrogens (tertiary/aromatic N) is 2. The summed E-state index contributed by atoms with van der Waals surface area (Å²) in [7, 11) is 3.24. The van der Waals surface area contributed by atoms with Gasteiger partial charge in [0.2, 0.25) is 11.8 Å². The molecule has 4 N–H and O–H groups in total. The van der Waals surface area contributed by atoms with E-state index < -0.39 is 48.2 Å². The van der Waals surface area contributed by atoms with Gasteiger partial charge in [0.25, 0.3) is 5.91 Å². The molecule has 1 aliphatic heterocycles. The molecule has 13 heteroatoms. The van der Waals surface area contributed by atoms with Gasteiger partial charge >= 0.3 is 5.97 Å². The van der Waals surface area contributed by atoms with Crippen molar-refractivity contribution in [3.63, 3.8) is 0 Å². The van der Waals surface area contributed by atoms with Crippen molar-refractivity contribution >= 4 is 40.4 Å². The molecule has 4 rings (SSSR count). The number of amides is 3. The first-order valence-corrected chi connectivity index (χ1v) is 14.6. The molecule has 0 saturated carbocycles. The number of aromatic amines is 1. The molecule has 0 unspecified atom stereocenters. The highest BCUT2D eigenvalue weighted by molar-refractivity contribution is 6.02. The lowest BCUT2D eigenvalue weighted by Crippen LogP contribution is -2.53. The first-order chi connectivity index (χ1) is 20.9. The zero-order valence-corrected chi connectivity index (χ0v) is 25.9. The fourth-order valence-electron chi connectivity index (χ4n) is 5.44. The van der Waals surface area contributed by atoms with E-state index in [1.807, 2.05) is 19.9 Å². The van der Waals surface area contributed by atoms with Crippen LogP contribution in [-0.4, -0.2) is 76.6 Å². The Kier molecular flexibility index (Phi) is 10.1. The van der Waals surface area contributed by atoms with Gasteiger partial charge in [-0.25, -0.2) is 4.79 Å². The second-order valence-electron chi connectivity index (χ2n) is 11.5. The smallest absolute Gasteiger partial charge is 0.342 e. The number of fused-ring (bicyclic) bond motifs is 1.